The number of likely N-dealkylation sites (tertiary alicyclic amines) is 1. The third-order valence-electron chi connectivity index (χ3n) is 6.42. The lowest BCUT2D eigenvalue weighted by Crippen LogP contribution is -2.48. The fourth-order valence-corrected chi connectivity index (χ4v) is 4.50. The molecule has 1 fully saturated rings. The molecular formula is C28H29F3N2O2. The second-order valence-electron chi connectivity index (χ2n) is 8.79. The van der Waals surface area contributed by atoms with Crippen molar-refractivity contribution >= 4 is 5.91 Å². The number of alkyl halides is 3. The SMILES string of the molecule is COc1ccccc1-c1ccc(CN2CCCCC2C(=O)NCc2ccc(C(F)(F)F)cc2)cc1. The Morgan fingerprint density at radius 1 is 0.971 bits per heavy atom. The first-order chi connectivity index (χ1) is 16.8. The van der Waals surface area contributed by atoms with Crippen molar-refractivity contribution < 1.29 is 22.7 Å². The third kappa shape index (κ3) is 6.22. The molecule has 4 rings (SSSR count). The standard InChI is InChI=1S/C28H29F3N2O2/c1-35-26-8-3-2-6-24(26)22-13-9-21(10-14-22)19-33-17-5-4-7-25(33)27(34)32-18-20-11-15-23(16-12-20)28(29,30)31/h2-3,6,8-16,25H,4-5,7,17-19H2,1H3,(H,32,34). The molecule has 0 spiro atoms. The topological polar surface area (TPSA) is 41.6 Å². The summed E-state index contributed by atoms with van der Waals surface area (Å²) in [5.41, 5.74) is 3.16. The summed E-state index contributed by atoms with van der Waals surface area (Å²) in [5.74, 6) is 0.733. The average molecular weight is 483 g/mol. The van der Waals surface area contributed by atoms with Gasteiger partial charge in [-0.05, 0) is 54.3 Å². The lowest BCUT2D eigenvalue weighted by Gasteiger charge is -2.34. The summed E-state index contributed by atoms with van der Waals surface area (Å²) in [6, 6.07) is 20.8. The van der Waals surface area contributed by atoms with E-state index in [1.54, 1.807) is 7.11 Å². The van der Waals surface area contributed by atoms with Crippen LogP contribution >= 0.6 is 0 Å². The summed E-state index contributed by atoms with van der Waals surface area (Å²) in [6.45, 7) is 1.69. The number of halogens is 3. The monoisotopic (exact) mass is 482 g/mol. The zero-order chi connectivity index (χ0) is 24.8. The number of nitrogens with one attached hydrogen (secondary N) is 1. The van der Waals surface area contributed by atoms with Crippen LogP contribution in [0.2, 0.25) is 0 Å². The van der Waals surface area contributed by atoms with Crippen LogP contribution in [0.1, 0.15) is 36.0 Å². The van der Waals surface area contributed by atoms with Crippen molar-refractivity contribution in [2.75, 3.05) is 13.7 Å². The van der Waals surface area contributed by atoms with Crippen molar-refractivity contribution in [3.8, 4) is 16.9 Å². The second-order valence-corrected chi connectivity index (χ2v) is 8.79. The Morgan fingerprint density at radius 3 is 2.34 bits per heavy atom. The number of ether oxygens (including phenoxy) is 1. The van der Waals surface area contributed by atoms with Crippen LogP contribution in [-0.2, 0) is 24.1 Å². The highest BCUT2D eigenvalue weighted by Crippen LogP contribution is 2.31. The lowest BCUT2D eigenvalue weighted by molar-refractivity contribution is -0.137. The van der Waals surface area contributed by atoms with E-state index in [1.807, 2.05) is 24.3 Å². The van der Waals surface area contributed by atoms with E-state index >= 15 is 0 Å². The molecular weight excluding hydrogens is 453 g/mol. The molecule has 3 aromatic rings. The van der Waals surface area contributed by atoms with Crippen LogP contribution in [0.5, 0.6) is 5.75 Å². The van der Waals surface area contributed by atoms with Gasteiger partial charge < -0.3 is 10.1 Å². The fourth-order valence-electron chi connectivity index (χ4n) is 4.50. The normalized spacial score (nSPS) is 16.6. The number of benzene rings is 3. The van der Waals surface area contributed by atoms with E-state index in [0.717, 1.165) is 60.4 Å². The summed E-state index contributed by atoms with van der Waals surface area (Å²) in [4.78, 5) is 15.1. The summed E-state index contributed by atoms with van der Waals surface area (Å²) < 4.78 is 43.7. The van der Waals surface area contributed by atoms with Gasteiger partial charge >= 0.3 is 6.18 Å². The van der Waals surface area contributed by atoms with Gasteiger partial charge in [-0.15, -0.1) is 0 Å². The van der Waals surface area contributed by atoms with Gasteiger partial charge in [0.05, 0.1) is 18.7 Å². The molecule has 1 saturated heterocycles. The number of nitrogens with zero attached hydrogens (tertiary/aromatic N) is 1. The van der Waals surface area contributed by atoms with Gasteiger partial charge in [0.15, 0.2) is 0 Å². The first-order valence-electron chi connectivity index (χ1n) is 11.8. The molecule has 3 aromatic carbocycles. The van der Waals surface area contributed by atoms with Gasteiger partial charge in [-0.25, -0.2) is 0 Å². The highest BCUT2D eigenvalue weighted by molar-refractivity contribution is 5.81. The zero-order valence-electron chi connectivity index (χ0n) is 19.6. The molecule has 4 nitrogen and oxygen atoms in total. The van der Waals surface area contributed by atoms with E-state index in [9.17, 15) is 18.0 Å². The van der Waals surface area contributed by atoms with Crippen molar-refractivity contribution in [1.82, 2.24) is 10.2 Å². The van der Waals surface area contributed by atoms with E-state index in [2.05, 4.69) is 34.5 Å². The Balaban J connectivity index is 1.38. The number of hydrogen-bond acceptors (Lipinski definition) is 3. The molecule has 1 aliphatic rings. The quantitative estimate of drug-likeness (QED) is 0.446. The lowest BCUT2D eigenvalue weighted by atomic mass is 9.99. The highest BCUT2D eigenvalue weighted by atomic mass is 19.4. The predicted octanol–water partition coefficient (Wildman–Crippen LogP) is 6.05. The van der Waals surface area contributed by atoms with Crippen LogP contribution in [0.25, 0.3) is 11.1 Å². The van der Waals surface area contributed by atoms with Crippen LogP contribution in [-0.4, -0.2) is 30.5 Å². The summed E-state index contributed by atoms with van der Waals surface area (Å²) in [6.07, 6.45) is -1.60. The number of methoxy groups -OCH3 is 1. The van der Waals surface area contributed by atoms with Gasteiger partial charge in [0.25, 0.3) is 0 Å². The van der Waals surface area contributed by atoms with Gasteiger partial charge in [-0.2, -0.15) is 13.2 Å². The Morgan fingerprint density at radius 2 is 1.66 bits per heavy atom. The minimum atomic E-state index is -4.37. The Bertz CT molecular complexity index is 1130. The van der Waals surface area contributed by atoms with Gasteiger partial charge in [-0.3, -0.25) is 9.69 Å². The first-order valence-corrected chi connectivity index (χ1v) is 11.8. The van der Waals surface area contributed by atoms with Crippen molar-refractivity contribution in [3.63, 3.8) is 0 Å². The molecule has 1 atom stereocenters. The maximum atomic E-state index is 13.0. The number of rotatable bonds is 7. The molecule has 1 unspecified atom stereocenters. The van der Waals surface area contributed by atoms with Crippen LogP contribution in [0.4, 0.5) is 13.2 Å². The summed E-state index contributed by atoms with van der Waals surface area (Å²) >= 11 is 0. The van der Waals surface area contributed by atoms with E-state index in [-0.39, 0.29) is 18.5 Å². The number of piperidine rings is 1. The van der Waals surface area contributed by atoms with Crippen LogP contribution in [0, 0.1) is 0 Å². The molecule has 0 bridgehead atoms. The highest BCUT2D eigenvalue weighted by Gasteiger charge is 2.30. The molecule has 1 N–H and O–H groups in total. The zero-order valence-corrected chi connectivity index (χ0v) is 19.6. The predicted molar refractivity (Wildman–Crippen MR) is 130 cm³/mol. The van der Waals surface area contributed by atoms with E-state index in [1.165, 1.54) is 12.1 Å². The Hall–Kier alpha value is -3.32. The first kappa shape index (κ1) is 24.8. The van der Waals surface area contributed by atoms with Gasteiger partial charge in [0, 0.05) is 18.7 Å². The van der Waals surface area contributed by atoms with E-state index < -0.39 is 11.7 Å². The molecule has 0 saturated carbocycles. The van der Waals surface area contributed by atoms with E-state index in [0.29, 0.717) is 12.1 Å². The van der Waals surface area contributed by atoms with Crippen LogP contribution in [0.15, 0.2) is 72.8 Å². The van der Waals surface area contributed by atoms with Crippen molar-refractivity contribution in [3.05, 3.63) is 89.5 Å². The van der Waals surface area contributed by atoms with Crippen molar-refractivity contribution in [2.24, 2.45) is 0 Å². The molecule has 184 valence electrons. The number of amides is 1. The summed E-state index contributed by atoms with van der Waals surface area (Å²) in [5, 5.41) is 2.91. The molecule has 35 heavy (non-hydrogen) atoms. The largest absolute Gasteiger partial charge is 0.496 e. The van der Waals surface area contributed by atoms with Crippen LogP contribution in [0.3, 0.4) is 0 Å². The fraction of sp³-hybridized carbons (Fsp3) is 0.321. The van der Waals surface area contributed by atoms with Crippen molar-refractivity contribution in [2.45, 2.75) is 44.6 Å². The molecule has 1 amide bonds. The number of carbonyl (C=O) groups is 1. The maximum absolute atomic E-state index is 13.0. The molecule has 7 heteroatoms. The van der Waals surface area contributed by atoms with Crippen molar-refractivity contribution in [1.29, 1.82) is 0 Å². The van der Waals surface area contributed by atoms with E-state index in [4.69, 9.17) is 4.74 Å². The Labute approximate surface area is 203 Å². The number of hydrogen-bond donors (Lipinski definition) is 1. The average Bonchev–Trinajstić information content (AvgIpc) is 2.88. The number of para-hydroxylation sites is 1. The molecule has 0 aromatic heterocycles. The number of carbonyl (C=O) groups excluding carboxylic acids is 1. The minimum Gasteiger partial charge on any atom is -0.496 e. The smallest absolute Gasteiger partial charge is 0.416 e. The third-order valence-corrected chi connectivity index (χ3v) is 6.42. The molecule has 1 heterocycles. The molecule has 0 radical (unpaired) electrons. The Kier molecular flexibility index (Phi) is 7.76. The van der Waals surface area contributed by atoms with Gasteiger partial charge in [0.2, 0.25) is 5.91 Å². The van der Waals surface area contributed by atoms with Crippen LogP contribution < -0.4 is 10.1 Å². The maximum Gasteiger partial charge on any atom is 0.416 e. The second kappa shape index (κ2) is 11.0. The van der Waals surface area contributed by atoms with Gasteiger partial charge in [-0.1, -0.05) is 61.0 Å². The van der Waals surface area contributed by atoms with Gasteiger partial charge in [0.1, 0.15) is 5.75 Å². The molecule has 1 aliphatic heterocycles. The molecule has 0 aliphatic carbocycles. The summed E-state index contributed by atoms with van der Waals surface area (Å²) in [7, 11) is 1.66. The minimum absolute atomic E-state index is 0.0877.